The Hall–Kier alpha value is -2.20. The minimum absolute atomic E-state index is 0.201. The molecule has 0 spiro atoms. The molecule has 1 N–H and O–H groups in total. The van der Waals surface area contributed by atoms with Crippen LogP contribution in [0.1, 0.15) is 37.3 Å². The Morgan fingerprint density at radius 2 is 2.04 bits per heavy atom. The molecule has 1 aromatic carbocycles. The second-order valence-corrected chi connectivity index (χ2v) is 7.59. The average molecular weight is 385 g/mol. The van der Waals surface area contributed by atoms with Crippen molar-refractivity contribution in [3.63, 3.8) is 0 Å². The fraction of sp³-hybridized carbons (Fsp3) is 0.409. The van der Waals surface area contributed by atoms with Crippen LogP contribution in [0.15, 0.2) is 47.2 Å². The van der Waals surface area contributed by atoms with Gasteiger partial charge in [0.1, 0.15) is 0 Å². The van der Waals surface area contributed by atoms with Crippen LogP contribution in [0.2, 0.25) is 5.02 Å². The SMILES string of the molecule is CCOC(=O)N1CCC(=C2C3=C(C=CCN3)CCc3cc(Cl)ccc32)CC1. The Labute approximate surface area is 165 Å². The maximum absolute atomic E-state index is 12.0. The van der Waals surface area contributed by atoms with E-state index >= 15 is 0 Å². The lowest BCUT2D eigenvalue weighted by Crippen LogP contribution is -2.37. The number of nitrogens with one attached hydrogen (secondary N) is 1. The highest BCUT2D eigenvalue weighted by molar-refractivity contribution is 6.30. The molecule has 1 fully saturated rings. The Morgan fingerprint density at radius 1 is 1.22 bits per heavy atom. The second-order valence-electron chi connectivity index (χ2n) is 7.15. The highest BCUT2D eigenvalue weighted by atomic mass is 35.5. The van der Waals surface area contributed by atoms with E-state index in [-0.39, 0.29) is 6.09 Å². The third kappa shape index (κ3) is 3.63. The minimum Gasteiger partial charge on any atom is -0.450 e. The van der Waals surface area contributed by atoms with Crippen LogP contribution < -0.4 is 5.32 Å². The van der Waals surface area contributed by atoms with Gasteiger partial charge in [-0.3, -0.25) is 0 Å². The zero-order valence-corrected chi connectivity index (χ0v) is 16.4. The summed E-state index contributed by atoms with van der Waals surface area (Å²) in [6.45, 7) is 4.54. The van der Waals surface area contributed by atoms with Gasteiger partial charge in [-0.25, -0.2) is 4.79 Å². The number of nitrogens with zero attached hydrogens (tertiary/aromatic N) is 1. The molecule has 2 aliphatic heterocycles. The van der Waals surface area contributed by atoms with Crippen LogP contribution in [0.25, 0.3) is 5.57 Å². The smallest absolute Gasteiger partial charge is 0.409 e. The number of aryl methyl sites for hydroxylation is 1. The Bertz CT molecular complexity index is 844. The monoisotopic (exact) mass is 384 g/mol. The fourth-order valence-electron chi connectivity index (χ4n) is 4.22. The van der Waals surface area contributed by atoms with E-state index in [1.54, 1.807) is 0 Å². The lowest BCUT2D eigenvalue weighted by atomic mass is 9.88. The van der Waals surface area contributed by atoms with Crippen molar-refractivity contribution < 1.29 is 9.53 Å². The number of carbonyl (C=O) groups excluding carboxylic acids is 1. The summed E-state index contributed by atoms with van der Waals surface area (Å²) >= 11 is 6.28. The summed E-state index contributed by atoms with van der Waals surface area (Å²) in [5.74, 6) is 0. The van der Waals surface area contributed by atoms with Gasteiger partial charge < -0.3 is 15.0 Å². The molecule has 1 aliphatic carbocycles. The van der Waals surface area contributed by atoms with E-state index in [0.29, 0.717) is 19.7 Å². The van der Waals surface area contributed by atoms with Gasteiger partial charge in [0, 0.05) is 35.9 Å². The van der Waals surface area contributed by atoms with E-state index in [9.17, 15) is 4.79 Å². The van der Waals surface area contributed by atoms with Crippen LogP contribution in [0.5, 0.6) is 0 Å². The number of likely N-dealkylation sites (tertiary alicyclic amines) is 1. The van der Waals surface area contributed by atoms with Crippen molar-refractivity contribution in [3.8, 4) is 0 Å². The lowest BCUT2D eigenvalue weighted by Gasteiger charge is -2.31. The highest BCUT2D eigenvalue weighted by Gasteiger charge is 2.27. The molecule has 0 bridgehead atoms. The van der Waals surface area contributed by atoms with Crippen LogP contribution in [-0.2, 0) is 11.2 Å². The third-order valence-electron chi connectivity index (χ3n) is 5.53. The first-order chi connectivity index (χ1) is 13.2. The van der Waals surface area contributed by atoms with Gasteiger partial charge in [0.05, 0.1) is 6.61 Å². The Kier molecular flexibility index (Phi) is 5.26. The summed E-state index contributed by atoms with van der Waals surface area (Å²) < 4.78 is 5.16. The number of dihydropyridines is 1. The van der Waals surface area contributed by atoms with Crippen molar-refractivity contribution >= 4 is 23.3 Å². The largest absolute Gasteiger partial charge is 0.450 e. The molecule has 5 heteroatoms. The standard InChI is InChI=1S/C22H25ClN2O2/c1-2-27-22(26)25-12-9-15(10-13-25)20-19-8-7-18(23)14-17(19)6-5-16-4-3-11-24-21(16)20/h3-4,7-8,14,24H,2,5-6,9-13H2,1H3. The van der Waals surface area contributed by atoms with Crippen LogP contribution in [0, 0.1) is 0 Å². The molecule has 27 heavy (non-hydrogen) atoms. The summed E-state index contributed by atoms with van der Waals surface area (Å²) in [7, 11) is 0. The van der Waals surface area contributed by atoms with Gasteiger partial charge in [0.2, 0.25) is 0 Å². The maximum Gasteiger partial charge on any atom is 0.409 e. The van der Waals surface area contributed by atoms with Gasteiger partial charge in [0.25, 0.3) is 0 Å². The van der Waals surface area contributed by atoms with Gasteiger partial charge in [-0.05, 0) is 61.4 Å². The topological polar surface area (TPSA) is 41.6 Å². The van der Waals surface area contributed by atoms with Crippen molar-refractivity contribution in [1.82, 2.24) is 10.2 Å². The van der Waals surface area contributed by atoms with Gasteiger partial charge in [-0.15, -0.1) is 0 Å². The number of halogens is 1. The molecule has 4 rings (SSSR count). The van der Waals surface area contributed by atoms with Gasteiger partial charge in [-0.2, -0.15) is 0 Å². The predicted octanol–water partition coefficient (Wildman–Crippen LogP) is 4.71. The molecule has 1 aromatic rings. The van der Waals surface area contributed by atoms with E-state index in [2.05, 4.69) is 29.6 Å². The van der Waals surface area contributed by atoms with E-state index in [4.69, 9.17) is 16.3 Å². The van der Waals surface area contributed by atoms with Crippen LogP contribution in [0.3, 0.4) is 0 Å². The number of piperidine rings is 1. The predicted molar refractivity (Wildman–Crippen MR) is 109 cm³/mol. The number of ether oxygens (including phenoxy) is 1. The summed E-state index contributed by atoms with van der Waals surface area (Å²) in [5, 5.41) is 4.41. The molecule has 0 saturated carbocycles. The van der Waals surface area contributed by atoms with E-state index in [1.807, 2.05) is 17.9 Å². The van der Waals surface area contributed by atoms with Crippen molar-refractivity contribution in [2.45, 2.75) is 32.6 Å². The Balaban J connectivity index is 1.73. The molecule has 2 heterocycles. The molecule has 0 unspecified atom stereocenters. The average Bonchev–Trinajstić information content (AvgIpc) is 2.85. The van der Waals surface area contributed by atoms with Crippen molar-refractivity contribution in [2.75, 3.05) is 26.2 Å². The molecule has 142 valence electrons. The first-order valence-corrected chi connectivity index (χ1v) is 10.1. The number of hydrogen-bond acceptors (Lipinski definition) is 3. The van der Waals surface area contributed by atoms with Crippen molar-refractivity contribution in [3.05, 3.63) is 63.3 Å². The number of allylic oxidation sites excluding steroid dienone is 3. The number of fused-ring (bicyclic) bond motifs is 1. The zero-order chi connectivity index (χ0) is 18.8. The van der Waals surface area contributed by atoms with Crippen molar-refractivity contribution in [2.24, 2.45) is 0 Å². The maximum atomic E-state index is 12.0. The molecule has 3 aliphatic rings. The van der Waals surface area contributed by atoms with Gasteiger partial charge in [-0.1, -0.05) is 35.4 Å². The normalized spacial score (nSPS) is 19.3. The molecule has 0 radical (unpaired) electrons. The number of hydrogen-bond donors (Lipinski definition) is 1. The first-order valence-electron chi connectivity index (χ1n) is 9.74. The van der Waals surface area contributed by atoms with Crippen molar-refractivity contribution in [1.29, 1.82) is 0 Å². The number of rotatable bonds is 1. The third-order valence-corrected chi connectivity index (χ3v) is 5.77. The van der Waals surface area contributed by atoms with E-state index < -0.39 is 0 Å². The molecular weight excluding hydrogens is 360 g/mol. The summed E-state index contributed by atoms with van der Waals surface area (Å²) in [6.07, 6.45) is 8.00. The number of benzene rings is 1. The summed E-state index contributed by atoms with van der Waals surface area (Å²) in [4.78, 5) is 13.9. The fourth-order valence-corrected chi connectivity index (χ4v) is 4.42. The molecule has 0 aromatic heterocycles. The molecule has 4 nitrogen and oxygen atoms in total. The molecular formula is C22H25ClN2O2. The van der Waals surface area contributed by atoms with Crippen LogP contribution in [-0.4, -0.2) is 37.2 Å². The highest BCUT2D eigenvalue weighted by Crippen LogP contribution is 2.39. The van der Waals surface area contributed by atoms with Crippen LogP contribution in [0.4, 0.5) is 4.79 Å². The van der Waals surface area contributed by atoms with Crippen LogP contribution >= 0.6 is 11.6 Å². The summed E-state index contributed by atoms with van der Waals surface area (Å²) in [5.41, 5.74) is 7.95. The number of carbonyl (C=O) groups is 1. The van der Waals surface area contributed by atoms with Gasteiger partial charge >= 0.3 is 6.09 Å². The lowest BCUT2D eigenvalue weighted by molar-refractivity contribution is 0.104. The quantitative estimate of drug-likeness (QED) is 0.762. The molecule has 1 amide bonds. The minimum atomic E-state index is -0.201. The first kappa shape index (κ1) is 18.2. The van der Waals surface area contributed by atoms with E-state index in [0.717, 1.165) is 37.3 Å². The Morgan fingerprint density at radius 3 is 2.81 bits per heavy atom. The molecule has 1 saturated heterocycles. The summed E-state index contributed by atoms with van der Waals surface area (Å²) in [6, 6.07) is 6.25. The van der Waals surface area contributed by atoms with Gasteiger partial charge in [0.15, 0.2) is 0 Å². The zero-order valence-electron chi connectivity index (χ0n) is 15.7. The van der Waals surface area contributed by atoms with E-state index in [1.165, 1.54) is 33.5 Å². The second kappa shape index (κ2) is 7.81. The molecule has 0 atom stereocenters. The number of amides is 1.